The molecular weight excluding hydrogens is 334 g/mol. The zero-order valence-electron chi connectivity index (χ0n) is 15.5. The summed E-state index contributed by atoms with van der Waals surface area (Å²) in [5, 5.41) is 7.11. The first-order valence-electron chi connectivity index (χ1n) is 9.53. The van der Waals surface area contributed by atoms with Crippen LogP contribution in [0, 0.1) is 5.92 Å². The fourth-order valence-electron chi connectivity index (χ4n) is 3.42. The standard InChI is InChI=1S/C18H29N5O3/c1-15(12-21-7-9-26-10-8-21)18(25)20-16-11-19-23(13-16)14-17(24)22-5-3-2-4-6-22/h11,13,15H,2-10,12,14H2,1H3,(H,20,25). The first kappa shape index (κ1) is 18.8. The molecule has 2 fully saturated rings. The van der Waals surface area contributed by atoms with Gasteiger partial charge in [-0.2, -0.15) is 5.10 Å². The molecule has 8 nitrogen and oxygen atoms in total. The van der Waals surface area contributed by atoms with E-state index in [1.165, 1.54) is 6.42 Å². The molecule has 0 saturated carbocycles. The second kappa shape index (κ2) is 9.14. The summed E-state index contributed by atoms with van der Waals surface area (Å²) >= 11 is 0. The number of rotatable bonds is 6. The van der Waals surface area contributed by atoms with E-state index in [-0.39, 0.29) is 24.3 Å². The number of amides is 2. The van der Waals surface area contributed by atoms with Crippen molar-refractivity contribution < 1.29 is 14.3 Å². The highest BCUT2D eigenvalue weighted by atomic mass is 16.5. The van der Waals surface area contributed by atoms with E-state index >= 15 is 0 Å². The van der Waals surface area contributed by atoms with Crippen LogP contribution in [0.3, 0.4) is 0 Å². The third kappa shape index (κ3) is 5.28. The van der Waals surface area contributed by atoms with Crippen molar-refractivity contribution in [1.29, 1.82) is 0 Å². The zero-order valence-corrected chi connectivity index (χ0v) is 15.5. The number of anilines is 1. The van der Waals surface area contributed by atoms with Crippen LogP contribution < -0.4 is 5.32 Å². The molecule has 2 saturated heterocycles. The average molecular weight is 363 g/mol. The van der Waals surface area contributed by atoms with Gasteiger partial charge in [0.2, 0.25) is 11.8 Å². The minimum atomic E-state index is -0.119. The molecule has 26 heavy (non-hydrogen) atoms. The maximum absolute atomic E-state index is 12.4. The number of morpholine rings is 1. The Bertz CT molecular complexity index is 606. The van der Waals surface area contributed by atoms with Crippen LogP contribution in [0.2, 0.25) is 0 Å². The summed E-state index contributed by atoms with van der Waals surface area (Å²) in [5.74, 6) is -0.0591. The third-order valence-electron chi connectivity index (χ3n) is 4.99. The van der Waals surface area contributed by atoms with E-state index in [0.29, 0.717) is 5.69 Å². The van der Waals surface area contributed by atoms with E-state index in [4.69, 9.17) is 4.74 Å². The van der Waals surface area contributed by atoms with Crippen molar-refractivity contribution in [1.82, 2.24) is 19.6 Å². The Labute approximate surface area is 154 Å². The van der Waals surface area contributed by atoms with Crippen molar-refractivity contribution in [3.05, 3.63) is 12.4 Å². The molecule has 1 unspecified atom stereocenters. The number of aromatic nitrogens is 2. The number of piperidine rings is 1. The molecule has 0 radical (unpaired) electrons. The lowest BCUT2D eigenvalue weighted by Crippen LogP contribution is -2.41. The Morgan fingerprint density at radius 1 is 1.19 bits per heavy atom. The first-order chi connectivity index (χ1) is 12.6. The second-order valence-corrected chi connectivity index (χ2v) is 7.17. The van der Waals surface area contributed by atoms with Gasteiger partial charge < -0.3 is 15.0 Å². The van der Waals surface area contributed by atoms with E-state index < -0.39 is 0 Å². The van der Waals surface area contributed by atoms with Gasteiger partial charge in [-0.15, -0.1) is 0 Å². The SMILES string of the molecule is CC(CN1CCOCC1)C(=O)Nc1cnn(CC(=O)N2CCCCC2)c1. The largest absolute Gasteiger partial charge is 0.379 e. The maximum Gasteiger partial charge on any atom is 0.244 e. The van der Waals surface area contributed by atoms with Gasteiger partial charge in [-0.1, -0.05) is 6.92 Å². The number of nitrogens with zero attached hydrogens (tertiary/aromatic N) is 4. The topological polar surface area (TPSA) is 79.7 Å². The molecule has 2 aliphatic heterocycles. The van der Waals surface area contributed by atoms with Gasteiger partial charge >= 0.3 is 0 Å². The third-order valence-corrected chi connectivity index (χ3v) is 4.99. The quantitative estimate of drug-likeness (QED) is 0.809. The Balaban J connectivity index is 1.46. The fourth-order valence-corrected chi connectivity index (χ4v) is 3.42. The average Bonchev–Trinajstić information content (AvgIpc) is 3.10. The lowest BCUT2D eigenvalue weighted by atomic mass is 10.1. The molecule has 1 aromatic heterocycles. The smallest absolute Gasteiger partial charge is 0.244 e. The molecule has 0 bridgehead atoms. The lowest BCUT2D eigenvalue weighted by Gasteiger charge is -2.28. The van der Waals surface area contributed by atoms with E-state index in [1.54, 1.807) is 17.1 Å². The molecule has 3 heterocycles. The van der Waals surface area contributed by atoms with Crippen LogP contribution in [0.15, 0.2) is 12.4 Å². The van der Waals surface area contributed by atoms with Crippen LogP contribution in [0.1, 0.15) is 26.2 Å². The molecule has 2 amide bonds. The maximum atomic E-state index is 12.4. The first-order valence-corrected chi connectivity index (χ1v) is 9.53. The predicted octanol–water partition coefficient (Wildman–Crippen LogP) is 0.802. The molecular formula is C18H29N5O3. The van der Waals surface area contributed by atoms with Crippen molar-refractivity contribution >= 4 is 17.5 Å². The Morgan fingerprint density at radius 3 is 2.65 bits per heavy atom. The Morgan fingerprint density at radius 2 is 1.92 bits per heavy atom. The minimum absolute atomic E-state index is 0.0293. The van der Waals surface area contributed by atoms with Crippen LogP contribution in [-0.2, 0) is 20.9 Å². The zero-order chi connectivity index (χ0) is 18.4. The normalized spacial score (nSPS) is 20.0. The van der Waals surface area contributed by atoms with Crippen LogP contribution in [-0.4, -0.2) is 77.3 Å². The highest BCUT2D eigenvalue weighted by molar-refractivity contribution is 5.92. The van der Waals surface area contributed by atoms with E-state index in [0.717, 1.165) is 58.8 Å². The molecule has 0 aromatic carbocycles. The van der Waals surface area contributed by atoms with Crippen LogP contribution in [0.4, 0.5) is 5.69 Å². The van der Waals surface area contributed by atoms with Crippen molar-refractivity contribution in [2.45, 2.75) is 32.7 Å². The van der Waals surface area contributed by atoms with Gasteiger partial charge in [0, 0.05) is 44.8 Å². The lowest BCUT2D eigenvalue weighted by molar-refractivity contribution is -0.132. The van der Waals surface area contributed by atoms with Crippen LogP contribution in [0.5, 0.6) is 0 Å². The monoisotopic (exact) mass is 363 g/mol. The fraction of sp³-hybridized carbons (Fsp3) is 0.722. The molecule has 1 aromatic rings. The molecule has 0 aliphatic carbocycles. The summed E-state index contributed by atoms with van der Waals surface area (Å²) in [6.45, 7) is 7.73. The molecule has 8 heteroatoms. The van der Waals surface area contributed by atoms with Gasteiger partial charge in [-0.3, -0.25) is 19.2 Å². The molecule has 2 aliphatic rings. The number of carbonyl (C=O) groups is 2. The van der Waals surface area contributed by atoms with Gasteiger partial charge in [0.25, 0.3) is 0 Å². The number of likely N-dealkylation sites (tertiary alicyclic amines) is 1. The Kier molecular flexibility index (Phi) is 6.62. The summed E-state index contributed by atoms with van der Waals surface area (Å²) < 4.78 is 6.93. The van der Waals surface area contributed by atoms with Crippen molar-refractivity contribution in [2.24, 2.45) is 5.92 Å². The molecule has 3 rings (SSSR count). The highest BCUT2D eigenvalue weighted by Gasteiger charge is 2.20. The highest BCUT2D eigenvalue weighted by Crippen LogP contribution is 2.12. The van der Waals surface area contributed by atoms with Crippen molar-refractivity contribution in [3.8, 4) is 0 Å². The summed E-state index contributed by atoms with van der Waals surface area (Å²) in [7, 11) is 0. The number of carbonyl (C=O) groups excluding carboxylic acids is 2. The number of hydrogen-bond acceptors (Lipinski definition) is 5. The van der Waals surface area contributed by atoms with Gasteiger partial charge in [-0.05, 0) is 19.3 Å². The van der Waals surface area contributed by atoms with Crippen molar-refractivity contribution in [3.63, 3.8) is 0 Å². The van der Waals surface area contributed by atoms with E-state index in [1.807, 2.05) is 11.8 Å². The number of ether oxygens (including phenoxy) is 1. The predicted molar refractivity (Wildman–Crippen MR) is 97.7 cm³/mol. The summed E-state index contributed by atoms with van der Waals surface area (Å²) in [6.07, 6.45) is 6.68. The molecule has 144 valence electrons. The number of hydrogen-bond donors (Lipinski definition) is 1. The summed E-state index contributed by atoms with van der Waals surface area (Å²) in [5.41, 5.74) is 0.635. The summed E-state index contributed by atoms with van der Waals surface area (Å²) in [6, 6.07) is 0. The van der Waals surface area contributed by atoms with Crippen molar-refractivity contribution in [2.75, 3.05) is 51.3 Å². The van der Waals surface area contributed by atoms with E-state index in [9.17, 15) is 9.59 Å². The van der Waals surface area contributed by atoms with Crippen LogP contribution >= 0.6 is 0 Å². The Hall–Kier alpha value is -1.93. The second-order valence-electron chi connectivity index (χ2n) is 7.17. The van der Waals surface area contributed by atoms with E-state index in [2.05, 4.69) is 15.3 Å². The number of nitrogens with one attached hydrogen (secondary N) is 1. The molecule has 1 N–H and O–H groups in total. The van der Waals surface area contributed by atoms with Gasteiger partial charge in [0.1, 0.15) is 6.54 Å². The molecule has 0 spiro atoms. The van der Waals surface area contributed by atoms with Crippen LogP contribution in [0.25, 0.3) is 0 Å². The minimum Gasteiger partial charge on any atom is -0.379 e. The summed E-state index contributed by atoms with van der Waals surface area (Å²) in [4.78, 5) is 28.8. The van der Waals surface area contributed by atoms with Gasteiger partial charge in [0.15, 0.2) is 0 Å². The van der Waals surface area contributed by atoms with Gasteiger partial charge in [-0.25, -0.2) is 0 Å². The molecule has 1 atom stereocenters. The van der Waals surface area contributed by atoms with Gasteiger partial charge in [0.05, 0.1) is 25.1 Å².